The summed E-state index contributed by atoms with van der Waals surface area (Å²) in [4.78, 5) is 19.5. The Hall–Kier alpha value is -1.79. The minimum absolute atomic E-state index is 0.122. The third-order valence-electron chi connectivity index (χ3n) is 1.97. The summed E-state index contributed by atoms with van der Waals surface area (Å²) in [5, 5.41) is 10.2. The van der Waals surface area contributed by atoms with E-state index >= 15 is 0 Å². The van der Waals surface area contributed by atoms with Gasteiger partial charge >= 0.3 is 5.97 Å². The van der Waals surface area contributed by atoms with Crippen molar-refractivity contribution in [2.75, 3.05) is 7.11 Å². The molecule has 0 aromatic heterocycles. The van der Waals surface area contributed by atoms with E-state index in [1.165, 1.54) is 31.4 Å². The summed E-state index contributed by atoms with van der Waals surface area (Å²) in [7, 11) is 1.37. The minimum atomic E-state index is -1.31. The number of nitro groups is 1. The molecule has 0 amide bonds. The number of benzene rings is 1. The average molecular weight is 306 g/mol. The van der Waals surface area contributed by atoms with Crippen LogP contribution in [0.1, 0.15) is 5.56 Å². The van der Waals surface area contributed by atoms with E-state index in [0.717, 1.165) is 6.20 Å². The first kappa shape index (κ1) is 15.3. The van der Waals surface area contributed by atoms with Crippen LogP contribution in [0.25, 0.3) is 6.08 Å². The zero-order valence-electron chi connectivity index (χ0n) is 9.71. The Kier molecular flexibility index (Phi) is 5.59. The van der Waals surface area contributed by atoms with Crippen molar-refractivity contribution in [1.29, 1.82) is 0 Å². The molecule has 0 saturated heterocycles. The van der Waals surface area contributed by atoms with Crippen LogP contribution in [0.4, 0.5) is 0 Å². The Bertz CT molecular complexity index is 516. The quantitative estimate of drug-likeness (QED) is 0.275. The van der Waals surface area contributed by atoms with E-state index in [9.17, 15) is 14.9 Å². The summed E-state index contributed by atoms with van der Waals surface area (Å²) in [5.41, 5.74) is 0.515. The number of carbonyl (C=O) groups excluding carboxylic acids is 1. The molecule has 0 atom stereocenters. The standard InChI is InChI=1S/C11H9Cl2NO5/c1-18-9-6-7(4-5-14(16)17)2-3-8(9)19-11(15)10(12)13/h2-6,10H,1H3/b5-4+. The minimum Gasteiger partial charge on any atom is -0.493 e. The summed E-state index contributed by atoms with van der Waals surface area (Å²) in [6.45, 7) is 0. The Morgan fingerprint density at radius 1 is 1.42 bits per heavy atom. The number of carbonyl (C=O) groups is 1. The van der Waals surface area contributed by atoms with Crippen LogP contribution in [0, 0.1) is 10.1 Å². The number of ether oxygens (including phenoxy) is 2. The van der Waals surface area contributed by atoms with Crippen molar-refractivity contribution < 1.29 is 19.2 Å². The number of methoxy groups -OCH3 is 1. The second-order valence-corrected chi connectivity index (χ2v) is 4.33. The molecule has 0 heterocycles. The van der Waals surface area contributed by atoms with E-state index in [2.05, 4.69) is 0 Å². The number of hydrogen-bond donors (Lipinski definition) is 0. The maximum Gasteiger partial charge on any atom is 0.344 e. The first-order valence-corrected chi connectivity index (χ1v) is 5.81. The molecule has 0 bridgehead atoms. The number of halogens is 2. The highest BCUT2D eigenvalue weighted by Crippen LogP contribution is 2.29. The molecule has 0 fully saturated rings. The Labute approximate surface area is 118 Å². The molecule has 0 radical (unpaired) electrons. The molecule has 0 aliphatic rings. The van der Waals surface area contributed by atoms with Crippen molar-refractivity contribution in [3.8, 4) is 11.5 Å². The highest BCUT2D eigenvalue weighted by molar-refractivity contribution is 6.53. The Morgan fingerprint density at radius 3 is 2.63 bits per heavy atom. The molecule has 8 heteroatoms. The van der Waals surface area contributed by atoms with Gasteiger partial charge in [-0.3, -0.25) is 10.1 Å². The highest BCUT2D eigenvalue weighted by Gasteiger charge is 2.16. The van der Waals surface area contributed by atoms with Crippen molar-refractivity contribution in [1.82, 2.24) is 0 Å². The molecule has 1 aromatic rings. The van der Waals surface area contributed by atoms with Crippen molar-refractivity contribution >= 4 is 35.2 Å². The number of nitrogens with zero attached hydrogens (tertiary/aromatic N) is 1. The number of alkyl halides is 2. The lowest BCUT2D eigenvalue weighted by Crippen LogP contribution is -2.16. The maximum atomic E-state index is 11.2. The lowest BCUT2D eigenvalue weighted by atomic mass is 10.2. The van der Waals surface area contributed by atoms with Crippen LogP contribution in [0.15, 0.2) is 24.4 Å². The second kappa shape index (κ2) is 6.96. The van der Waals surface area contributed by atoms with Crippen molar-refractivity contribution in [3.05, 3.63) is 40.1 Å². The van der Waals surface area contributed by atoms with Gasteiger partial charge < -0.3 is 9.47 Å². The van der Waals surface area contributed by atoms with Gasteiger partial charge in [-0.25, -0.2) is 4.79 Å². The Morgan fingerprint density at radius 2 is 2.11 bits per heavy atom. The first-order valence-electron chi connectivity index (χ1n) is 4.93. The maximum absolute atomic E-state index is 11.2. The molecule has 1 aromatic carbocycles. The molecular weight excluding hydrogens is 297 g/mol. The fraction of sp³-hybridized carbons (Fsp3) is 0.182. The van der Waals surface area contributed by atoms with Gasteiger partial charge in [-0.15, -0.1) is 0 Å². The molecule has 0 saturated carbocycles. The van der Waals surface area contributed by atoms with Gasteiger partial charge in [0.2, 0.25) is 11.0 Å². The zero-order valence-corrected chi connectivity index (χ0v) is 11.2. The summed E-state index contributed by atoms with van der Waals surface area (Å²) >= 11 is 10.7. The fourth-order valence-electron chi connectivity index (χ4n) is 1.17. The smallest absolute Gasteiger partial charge is 0.344 e. The van der Waals surface area contributed by atoms with Crippen LogP contribution in [-0.4, -0.2) is 22.8 Å². The summed E-state index contributed by atoms with van der Waals surface area (Å²) in [6.07, 6.45) is 2.06. The molecule has 6 nitrogen and oxygen atoms in total. The third-order valence-corrected chi connectivity index (χ3v) is 2.32. The molecule has 0 spiro atoms. The van der Waals surface area contributed by atoms with Gasteiger partial charge in [0.15, 0.2) is 11.5 Å². The second-order valence-electron chi connectivity index (χ2n) is 3.23. The molecule has 1 rings (SSSR count). The number of hydrogen-bond acceptors (Lipinski definition) is 5. The van der Waals surface area contributed by atoms with E-state index in [1.807, 2.05) is 0 Å². The van der Waals surface area contributed by atoms with Crippen LogP contribution < -0.4 is 9.47 Å². The summed E-state index contributed by atoms with van der Waals surface area (Å²) in [5.74, 6) is -0.486. The van der Waals surface area contributed by atoms with Crippen molar-refractivity contribution in [2.45, 2.75) is 4.84 Å². The fourth-order valence-corrected chi connectivity index (χ4v) is 1.26. The van der Waals surface area contributed by atoms with E-state index in [4.69, 9.17) is 32.7 Å². The van der Waals surface area contributed by atoms with Gasteiger partial charge in [0, 0.05) is 6.08 Å². The van der Waals surface area contributed by atoms with Gasteiger partial charge in [-0.1, -0.05) is 29.3 Å². The summed E-state index contributed by atoms with van der Waals surface area (Å²) in [6, 6.07) is 4.41. The lowest BCUT2D eigenvalue weighted by molar-refractivity contribution is -0.400. The van der Waals surface area contributed by atoms with Crippen molar-refractivity contribution in [3.63, 3.8) is 0 Å². The largest absolute Gasteiger partial charge is 0.493 e. The van der Waals surface area contributed by atoms with Gasteiger partial charge in [0.05, 0.1) is 12.0 Å². The SMILES string of the molecule is COc1cc(/C=C/[N+](=O)[O-])ccc1OC(=O)C(Cl)Cl. The lowest BCUT2D eigenvalue weighted by Gasteiger charge is -2.09. The molecule has 102 valence electrons. The van der Waals surface area contributed by atoms with Crippen LogP contribution in [0.2, 0.25) is 0 Å². The zero-order chi connectivity index (χ0) is 14.4. The van der Waals surface area contributed by atoms with E-state index in [-0.39, 0.29) is 11.5 Å². The van der Waals surface area contributed by atoms with Crippen LogP contribution >= 0.6 is 23.2 Å². The van der Waals surface area contributed by atoms with Crippen LogP contribution in [-0.2, 0) is 4.79 Å². The number of esters is 1. The van der Waals surface area contributed by atoms with Gasteiger partial charge in [-0.05, 0) is 17.7 Å². The van der Waals surface area contributed by atoms with Crippen molar-refractivity contribution in [2.24, 2.45) is 0 Å². The highest BCUT2D eigenvalue weighted by atomic mass is 35.5. The Balaban J connectivity index is 2.96. The monoisotopic (exact) mass is 305 g/mol. The normalized spacial score (nSPS) is 10.7. The molecule has 0 aliphatic heterocycles. The molecule has 0 unspecified atom stereocenters. The van der Waals surface area contributed by atoms with Gasteiger partial charge in [-0.2, -0.15) is 0 Å². The van der Waals surface area contributed by atoms with Crippen LogP contribution in [0.5, 0.6) is 11.5 Å². The van der Waals surface area contributed by atoms with Gasteiger partial charge in [0.1, 0.15) is 0 Å². The number of rotatable bonds is 5. The topological polar surface area (TPSA) is 78.7 Å². The first-order chi connectivity index (χ1) is 8.93. The predicted octanol–water partition coefficient (Wildman–Crippen LogP) is 2.65. The van der Waals surface area contributed by atoms with E-state index in [0.29, 0.717) is 5.56 Å². The third kappa shape index (κ3) is 4.76. The molecule has 19 heavy (non-hydrogen) atoms. The van der Waals surface area contributed by atoms with E-state index in [1.54, 1.807) is 0 Å². The molecule has 0 aliphatic carbocycles. The molecular formula is C11H9Cl2NO5. The van der Waals surface area contributed by atoms with E-state index < -0.39 is 15.7 Å². The van der Waals surface area contributed by atoms with Gasteiger partial charge in [0.25, 0.3) is 0 Å². The van der Waals surface area contributed by atoms with Crippen LogP contribution in [0.3, 0.4) is 0 Å². The predicted molar refractivity (Wildman–Crippen MR) is 70.2 cm³/mol. The molecule has 0 N–H and O–H groups in total. The summed E-state index contributed by atoms with van der Waals surface area (Å²) < 4.78 is 9.90. The average Bonchev–Trinajstić information content (AvgIpc) is 2.37.